The molecule has 1 saturated heterocycles. The molecule has 0 spiro atoms. The van der Waals surface area contributed by atoms with Gasteiger partial charge < -0.3 is 5.32 Å². The van der Waals surface area contributed by atoms with Crippen molar-refractivity contribution < 1.29 is 4.92 Å². The van der Waals surface area contributed by atoms with Crippen molar-refractivity contribution >= 4 is 17.4 Å². The number of nitro benzene ring substituents is 1. The smallest absolute Gasteiger partial charge is 0.272 e. The molecule has 1 N–H and O–H groups in total. The summed E-state index contributed by atoms with van der Waals surface area (Å²) in [5, 5.41) is 14.9. The second-order valence-corrected chi connectivity index (χ2v) is 6.05. The van der Waals surface area contributed by atoms with E-state index in [2.05, 4.69) is 5.32 Å². The average molecular weight is 266 g/mol. The van der Waals surface area contributed by atoms with E-state index in [9.17, 15) is 10.1 Å². The quantitative estimate of drug-likeness (QED) is 0.657. The van der Waals surface area contributed by atoms with Gasteiger partial charge in [-0.1, -0.05) is 12.1 Å². The maximum Gasteiger partial charge on any atom is 0.272 e. The van der Waals surface area contributed by atoms with Crippen LogP contribution in [0.25, 0.3) is 0 Å². The van der Waals surface area contributed by atoms with Crippen LogP contribution in [0.4, 0.5) is 5.69 Å². The van der Waals surface area contributed by atoms with Crippen LogP contribution in [0, 0.1) is 17.0 Å². The molecule has 0 aromatic heterocycles. The van der Waals surface area contributed by atoms with Gasteiger partial charge in [-0.25, -0.2) is 0 Å². The fraction of sp³-hybridized carbons (Fsp3) is 0.538. The fourth-order valence-corrected chi connectivity index (χ4v) is 3.38. The predicted molar refractivity (Wildman–Crippen MR) is 75.0 cm³/mol. The lowest BCUT2D eigenvalue weighted by Gasteiger charge is -2.10. The summed E-state index contributed by atoms with van der Waals surface area (Å²) in [6, 6.07) is 5.45. The number of nitrogens with one attached hydrogen (secondary N) is 1. The molecule has 1 fully saturated rings. The van der Waals surface area contributed by atoms with Gasteiger partial charge in [0.2, 0.25) is 0 Å². The molecule has 1 aliphatic heterocycles. The van der Waals surface area contributed by atoms with Gasteiger partial charge in [-0.3, -0.25) is 10.1 Å². The first-order valence-electron chi connectivity index (χ1n) is 6.23. The Kier molecular flexibility index (Phi) is 4.60. The maximum absolute atomic E-state index is 10.8. The summed E-state index contributed by atoms with van der Waals surface area (Å²) in [4.78, 5) is 10.5. The van der Waals surface area contributed by atoms with E-state index in [1.54, 1.807) is 13.0 Å². The highest BCUT2D eigenvalue weighted by Gasteiger charge is 2.15. The molecule has 1 aromatic rings. The third kappa shape index (κ3) is 3.46. The molecule has 0 radical (unpaired) electrons. The molecule has 2 rings (SSSR count). The molecular weight excluding hydrogens is 248 g/mol. The highest BCUT2D eigenvalue weighted by atomic mass is 32.2. The van der Waals surface area contributed by atoms with Crippen LogP contribution in [-0.4, -0.2) is 22.5 Å². The Labute approximate surface area is 111 Å². The Hall–Kier alpha value is -1.07. The summed E-state index contributed by atoms with van der Waals surface area (Å²) in [5.74, 6) is 1.27. The summed E-state index contributed by atoms with van der Waals surface area (Å²) < 4.78 is 0. The molecular formula is C13H18N2O2S. The van der Waals surface area contributed by atoms with Crippen molar-refractivity contribution in [3.05, 3.63) is 39.4 Å². The molecule has 0 bridgehead atoms. The van der Waals surface area contributed by atoms with Gasteiger partial charge >= 0.3 is 0 Å². The summed E-state index contributed by atoms with van der Waals surface area (Å²) >= 11 is 2.02. The lowest BCUT2D eigenvalue weighted by atomic mass is 10.1. The van der Waals surface area contributed by atoms with Gasteiger partial charge in [-0.15, -0.1) is 0 Å². The number of nitro groups is 1. The summed E-state index contributed by atoms with van der Waals surface area (Å²) in [6.07, 6.45) is 2.60. The summed E-state index contributed by atoms with van der Waals surface area (Å²) in [6.45, 7) is 3.47. The molecule has 1 unspecified atom stereocenters. The van der Waals surface area contributed by atoms with Crippen LogP contribution in [0.3, 0.4) is 0 Å². The Morgan fingerprint density at radius 1 is 1.56 bits per heavy atom. The molecule has 0 saturated carbocycles. The van der Waals surface area contributed by atoms with Crippen LogP contribution >= 0.6 is 11.8 Å². The van der Waals surface area contributed by atoms with E-state index in [1.807, 2.05) is 23.9 Å². The minimum atomic E-state index is -0.314. The molecule has 1 heterocycles. The molecule has 0 aliphatic carbocycles. The highest BCUT2D eigenvalue weighted by Crippen LogP contribution is 2.25. The number of rotatable bonds is 5. The zero-order valence-electron chi connectivity index (χ0n) is 10.5. The number of hydrogen-bond donors (Lipinski definition) is 1. The Bertz CT molecular complexity index is 431. The third-order valence-electron chi connectivity index (χ3n) is 3.20. The van der Waals surface area contributed by atoms with Gasteiger partial charge in [0.1, 0.15) is 0 Å². The molecule has 1 aromatic carbocycles. The number of nitrogens with zero attached hydrogens (tertiary/aromatic N) is 1. The first-order chi connectivity index (χ1) is 8.66. The first kappa shape index (κ1) is 13.4. The van der Waals surface area contributed by atoms with E-state index in [0.29, 0.717) is 11.8 Å². The van der Waals surface area contributed by atoms with Gasteiger partial charge in [-0.2, -0.15) is 11.8 Å². The number of hydrogen-bond acceptors (Lipinski definition) is 4. The highest BCUT2D eigenvalue weighted by molar-refractivity contribution is 8.00. The van der Waals surface area contributed by atoms with Crippen LogP contribution in [0.5, 0.6) is 0 Å². The van der Waals surface area contributed by atoms with E-state index in [0.717, 1.165) is 17.7 Å². The normalized spacial score (nSPS) is 19.1. The van der Waals surface area contributed by atoms with E-state index in [1.165, 1.54) is 18.6 Å². The monoisotopic (exact) mass is 266 g/mol. The molecule has 1 aliphatic rings. The number of aryl methyl sites for hydroxylation is 1. The molecule has 98 valence electrons. The summed E-state index contributed by atoms with van der Waals surface area (Å²) in [7, 11) is 0. The van der Waals surface area contributed by atoms with E-state index < -0.39 is 0 Å². The minimum absolute atomic E-state index is 0.213. The SMILES string of the molecule is Cc1ccc(CNCC2CCCS2)cc1[N+](=O)[O-]. The van der Waals surface area contributed by atoms with Crippen molar-refractivity contribution in [2.24, 2.45) is 0 Å². The minimum Gasteiger partial charge on any atom is -0.312 e. The van der Waals surface area contributed by atoms with Crippen LogP contribution in [0.15, 0.2) is 18.2 Å². The lowest BCUT2D eigenvalue weighted by molar-refractivity contribution is -0.385. The van der Waals surface area contributed by atoms with Crippen molar-refractivity contribution in [3.8, 4) is 0 Å². The zero-order chi connectivity index (χ0) is 13.0. The van der Waals surface area contributed by atoms with Crippen molar-refractivity contribution in [2.75, 3.05) is 12.3 Å². The maximum atomic E-state index is 10.8. The second kappa shape index (κ2) is 6.20. The van der Waals surface area contributed by atoms with Gasteiger partial charge in [0, 0.05) is 30.0 Å². The van der Waals surface area contributed by atoms with Crippen LogP contribution < -0.4 is 5.32 Å². The largest absolute Gasteiger partial charge is 0.312 e. The van der Waals surface area contributed by atoms with Crippen LogP contribution in [-0.2, 0) is 6.54 Å². The van der Waals surface area contributed by atoms with Crippen LogP contribution in [0.1, 0.15) is 24.0 Å². The van der Waals surface area contributed by atoms with E-state index >= 15 is 0 Å². The number of thioether (sulfide) groups is 1. The second-order valence-electron chi connectivity index (χ2n) is 4.64. The van der Waals surface area contributed by atoms with Gasteiger partial charge in [-0.05, 0) is 31.1 Å². The van der Waals surface area contributed by atoms with Gasteiger partial charge in [0.05, 0.1) is 4.92 Å². The Morgan fingerprint density at radius 2 is 2.39 bits per heavy atom. The van der Waals surface area contributed by atoms with Crippen molar-refractivity contribution in [2.45, 2.75) is 31.6 Å². The third-order valence-corrected chi connectivity index (χ3v) is 4.59. The first-order valence-corrected chi connectivity index (χ1v) is 7.28. The Morgan fingerprint density at radius 3 is 3.06 bits per heavy atom. The van der Waals surface area contributed by atoms with E-state index in [-0.39, 0.29) is 10.6 Å². The Balaban J connectivity index is 1.88. The van der Waals surface area contributed by atoms with Crippen molar-refractivity contribution in [3.63, 3.8) is 0 Å². The average Bonchev–Trinajstić information content (AvgIpc) is 2.84. The zero-order valence-corrected chi connectivity index (χ0v) is 11.3. The van der Waals surface area contributed by atoms with Gasteiger partial charge in [0.15, 0.2) is 0 Å². The van der Waals surface area contributed by atoms with Gasteiger partial charge in [0.25, 0.3) is 5.69 Å². The lowest BCUT2D eigenvalue weighted by Crippen LogP contribution is -2.22. The number of benzene rings is 1. The molecule has 1 atom stereocenters. The van der Waals surface area contributed by atoms with E-state index in [4.69, 9.17) is 0 Å². The van der Waals surface area contributed by atoms with Crippen LogP contribution in [0.2, 0.25) is 0 Å². The molecule has 18 heavy (non-hydrogen) atoms. The predicted octanol–water partition coefficient (Wildman–Crippen LogP) is 2.89. The van der Waals surface area contributed by atoms with Crippen molar-refractivity contribution in [1.29, 1.82) is 0 Å². The summed E-state index contributed by atoms with van der Waals surface area (Å²) in [5.41, 5.74) is 1.91. The topological polar surface area (TPSA) is 55.2 Å². The fourth-order valence-electron chi connectivity index (χ4n) is 2.14. The molecule has 4 nitrogen and oxygen atoms in total. The van der Waals surface area contributed by atoms with Crippen molar-refractivity contribution in [1.82, 2.24) is 5.32 Å². The molecule has 0 amide bonds. The standard InChI is InChI=1S/C13H18N2O2S/c1-10-4-5-11(7-13(10)15(16)17)8-14-9-12-3-2-6-18-12/h4-5,7,12,14H,2-3,6,8-9H2,1H3. The molecule has 5 heteroatoms.